The Hall–Kier alpha value is -2.65. The van der Waals surface area contributed by atoms with E-state index in [4.69, 9.17) is 0 Å². The van der Waals surface area contributed by atoms with Crippen molar-refractivity contribution in [2.24, 2.45) is 0 Å². The minimum absolute atomic E-state index is 0. The molecule has 0 unspecified atom stereocenters. The van der Waals surface area contributed by atoms with Crippen molar-refractivity contribution in [3.05, 3.63) is 56.9 Å². The van der Waals surface area contributed by atoms with E-state index in [1.54, 1.807) is 12.1 Å². The minimum atomic E-state index is -1.09. The number of aromatic nitrogens is 1. The molecule has 0 fully saturated rings. The Bertz CT molecular complexity index is 1460. The average Bonchev–Trinajstić information content (AvgIpc) is 3.03. The molecule has 10 heteroatoms. The Morgan fingerprint density at radius 3 is 1.55 bits per heavy atom. The molecule has 3 rings (SSSR count). The minimum Gasteiger partial charge on any atom is -0.478 e. The van der Waals surface area contributed by atoms with Gasteiger partial charge in [-0.1, -0.05) is 59.4 Å². The van der Waals surface area contributed by atoms with Gasteiger partial charge in [0.25, 0.3) is 5.56 Å². The number of aryl methyl sites for hydroxylation is 1. The summed E-state index contributed by atoms with van der Waals surface area (Å²) in [6.45, 7) is 14.9. The van der Waals surface area contributed by atoms with E-state index in [1.165, 1.54) is 12.1 Å². The van der Waals surface area contributed by atoms with Crippen LogP contribution in [0.25, 0.3) is 21.7 Å². The number of hydrogen-bond donors (Lipinski definition) is 3. The summed E-state index contributed by atoms with van der Waals surface area (Å²) in [6, 6.07) is 6.30. The third-order valence-corrected chi connectivity index (χ3v) is 8.92. The lowest BCUT2D eigenvalue weighted by molar-refractivity contribution is 0.0685. The second-order valence-electron chi connectivity index (χ2n) is 12.4. The number of aromatic carboxylic acids is 2. The van der Waals surface area contributed by atoms with Crippen LogP contribution in [0.2, 0.25) is 0 Å². The SMILES string of the molecule is CCCCN(CCCC)CCCc1c(C(=O)O)cc2[nH]c(=O)c3cc(C(=O)O)ccc3c2c1CCCN(CCCC)CCCC.Cl.Cl. The molecule has 47 heavy (non-hydrogen) atoms. The van der Waals surface area contributed by atoms with Gasteiger partial charge in [0.1, 0.15) is 0 Å². The summed E-state index contributed by atoms with van der Waals surface area (Å²) in [5, 5.41) is 21.8. The molecule has 3 aromatic rings. The molecule has 0 saturated carbocycles. The number of benzene rings is 2. The van der Waals surface area contributed by atoms with Crippen molar-refractivity contribution >= 4 is 58.4 Å². The lowest BCUT2D eigenvalue weighted by Gasteiger charge is -2.24. The molecule has 0 saturated heterocycles. The van der Waals surface area contributed by atoms with Gasteiger partial charge in [0.15, 0.2) is 0 Å². The van der Waals surface area contributed by atoms with E-state index in [0.717, 1.165) is 120 Å². The van der Waals surface area contributed by atoms with Crippen LogP contribution in [-0.4, -0.2) is 76.2 Å². The number of pyridine rings is 1. The number of H-pyrrole nitrogens is 1. The van der Waals surface area contributed by atoms with Crippen LogP contribution in [0.1, 0.15) is 124 Å². The second kappa shape index (κ2) is 22.1. The number of carbonyl (C=O) groups is 2. The number of rotatable bonds is 22. The number of fused-ring (bicyclic) bond motifs is 3. The van der Waals surface area contributed by atoms with Gasteiger partial charge in [-0.3, -0.25) is 4.79 Å². The van der Waals surface area contributed by atoms with Crippen LogP contribution in [0.3, 0.4) is 0 Å². The predicted octanol–water partition coefficient (Wildman–Crippen LogP) is 8.59. The fourth-order valence-corrected chi connectivity index (χ4v) is 6.37. The largest absolute Gasteiger partial charge is 0.478 e. The Balaban J connectivity index is 0.00000552. The summed E-state index contributed by atoms with van der Waals surface area (Å²) in [7, 11) is 0. The van der Waals surface area contributed by atoms with E-state index in [-0.39, 0.29) is 35.9 Å². The number of carboxylic acid groups (broad SMARTS) is 2. The molecule has 2 aromatic carbocycles. The van der Waals surface area contributed by atoms with Gasteiger partial charge in [-0.2, -0.15) is 0 Å². The highest BCUT2D eigenvalue weighted by Gasteiger charge is 2.22. The van der Waals surface area contributed by atoms with Gasteiger partial charge in [-0.25, -0.2) is 9.59 Å². The molecule has 8 nitrogen and oxygen atoms in total. The van der Waals surface area contributed by atoms with Gasteiger partial charge >= 0.3 is 11.9 Å². The summed E-state index contributed by atoms with van der Waals surface area (Å²) in [5.41, 5.74) is 2.19. The van der Waals surface area contributed by atoms with Gasteiger partial charge in [0.05, 0.1) is 16.6 Å². The monoisotopic (exact) mass is 693 g/mol. The highest BCUT2D eigenvalue weighted by Crippen LogP contribution is 2.32. The Labute approximate surface area is 293 Å². The van der Waals surface area contributed by atoms with Crippen LogP contribution in [0, 0.1) is 0 Å². The third-order valence-electron chi connectivity index (χ3n) is 8.92. The highest BCUT2D eigenvalue weighted by atomic mass is 35.5. The number of nitrogens with zero attached hydrogens (tertiary/aromatic N) is 2. The zero-order valence-corrected chi connectivity index (χ0v) is 30.5. The first-order chi connectivity index (χ1) is 21.7. The van der Waals surface area contributed by atoms with Crippen molar-refractivity contribution in [1.82, 2.24) is 14.8 Å². The van der Waals surface area contributed by atoms with Crippen LogP contribution in [0.5, 0.6) is 0 Å². The molecule has 0 bridgehead atoms. The van der Waals surface area contributed by atoms with Crippen molar-refractivity contribution in [3.8, 4) is 0 Å². The van der Waals surface area contributed by atoms with Crippen LogP contribution < -0.4 is 5.56 Å². The van der Waals surface area contributed by atoms with Gasteiger partial charge < -0.3 is 25.0 Å². The number of carboxylic acids is 2. The maximum absolute atomic E-state index is 13.2. The number of nitrogens with one attached hydrogen (secondary N) is 1. The van der Waals surface area contributed by atoms with Gasteiger partial charge in [0, 0.05) is 10.8 Å². The third kappa shape index (κ3) is 12.1. The van der Waals surface area contributed by atoms with Crippen molar-refractivity contribution in [1.29, 1.82) is 0 Å². The summed E-state index contributed by atoms with van der Waals surface area (Å²) in [4.78, 5) is 45.5. The highest BCUT2D eigenvalue weighted by molar-refractivity contribution is 6.11. The van der Waals surface area contributed by atoms with Gasteiger partial charge in [-0.15, -0.1) is 24.8 Å². The molecule has 0 amide bonds. The Morgan fingerprint density at radius 1 is 0.638 bits per heavy atom. The van der Waals surface area contributed by atoms with E-state index in [2.05, 4.69) is 42.5 Å². The lowest BCUT2D eigenvalue weighted by Crippen LogP contribution is -2.28. The molecule has 0 aliphatic rings. The van der Waals surface area contributed by atoms with E-state index in [0.29, 0.717) is 29.1 Å². The summed E-state index contributed by atoms with van der Waals surface area (Å²) < 4.78 is 0. The number of aromatic amines is 1. The summed E-state index contributed by atoms with van der Waals surface area (Å²) >= 11 is 0. The predicted molar refractivity (Wildman–Crippen MR) is 200 cm³/mol. The zero-order valence-electron chi connectivity index (χ0n) is 28.9. The van der Waals surface area contributed by atoms with Crippen molar-refractivity contribution in [2.75, 3.05) is 39.3 Å². The van der Waals surface area contributed by atoms with Crippen molar-refractivity contribution < 1.29 is 19.8 Å². The molecule has 0 radical (unpaired) electrons. The van der Waals surface area contributed by atoms with Crippen LogP contribution in [0.4, 0.5) is 0 Å². The molecule has 264 valence electrons. The number of halogens is 2. The lowest BCUT2D eigenvalue weighted by atomic mass is 9.88. The molecule has 0 aliphatic carbocycles. The first-order valence-electron chi connectivity index (χ1n) is 17.3. The molecule has 0 atom stereocenters. The zero-order chi connectivity index (χ0) is 32.8. The normalized spacial score (nSPS) is 11.3. The quantitative estimate of drug-likeness (QED) is 0.0903. The van der Waals surface area contributed by atoms with Crippen LogP contribution >= 0.6 is 24.8 Å². The molecule has 1 heterocycles. The van der Waals surface area contributed by atoms with E-state index in [1.807, 2.05) is 0 Å². The number of hydrogen-bond acceptors (Lipinski definition) is 5. The molecular formula is C37H57Cl2N3O5. The summed E-state index contributed by atoms with van der Waals surface area (Å²) in [5.74, 6) is -2.08. The molecule has 0 aliphatic heterocycles. The van der Waals surface area contributed by atoms with E-state index >= 15 is 0 Å². The fraction of sp³-hybridized carbons (Fsp3) is 0.595. The molecule has 0 spiro atoms. The van der Waals surface area contributed by atoms with E-state index < -0.39 is 17.5 Å². The Kier molecular flexibility index (Phi) is 19.9. The Morgan fingerprint density at radius 2 is 1.11 bits per heavy atom. The van der Waals surface area contributed by atoms with Crippen molar-refractivity contribution in [2.45, 2.75) is 105 Å². The van der Waals surface area contributed by atoms with E-state index in [9.17, 15) is 24.6 Å². The number of unbranched alkanes of at least 4 members (excludes halogenated alkanes) is 4. The fourth-order valence-electron chi connectivity index (χ4n) is 6.37. The summed E-state index contributed by atoms with van der Waals surface area (Å²) in [6.07, 6.45) is 12.2. The first-order valence-corrected chi connectivity index (χ1v) is 17.3. The molecule has 3 N–H and O–H groups in total. The standard InChI is InChI=1S/C37H55N3O5.2ClH/c1-5-9-19-39(20-10-6-2)23-13-15-28-29(16-14-24-40(21-11-7-3)22-12-8-4)34-30-18-17-27(36(42)43)25-31(30)35(41)38-33(34)26-32(28)37(44)45;;/h17-18,25-26H,5-16,19-24H2,1-4H3,(H,38,41)(H,42,43)(H,44,45);2*1H. The maximum Gasteiger partial charge on any atom is 0.336 e. The second-order valence-corrected chi connectivity index (χ2v) is 12.4. The van der Waals surface area contributed by atoms with Crippen LogP contribution in [0.15, 0.2) is 29.1 Å². The van der Waals surface area contributed by atoms with Gasteiger partial charge in [-0.05, 0) is 125 Å². The molecular weight excluding hydrogens is 637 g/mol. The smallest absolute Gasteiger partial charge is 0.336 e. The van der Waals surface area contributed by atoms with Crippen LogP contribution in [-0.2, 0) is 12.8 Å². The first kappa shape index (κ1) is 42.4. The molecule has 1 aromatic heterocycles. The average molecular weight is 695 g/mol. The van der Waals surface area contributed by atoms with Gasteiger partial charge in [0.2, 0.25) is 0 Å². The van der Waals surface area contributed by atoms with Crippen molar-refractivity contribution in [3.63, 3.8) is 0 Å². The topological polar surface area (TPSA) is 114 Å². The maximum atomic E-state index is 13.2.